The summed E-state index contributed by atoms with van der Waals surface area (Å²) < 4.78 is 0. The Bertz CT molecular complexity index is 2640. The van der Waals surface area contributed by atoms with Crippen LogP contribution in [0.2, 0.25) is 0 Å². The summed E-state index contributed by atoms with van der Waals surface area (Å²) in [5.41, 5.74) is 21.6. The number of fused-ring (bicyclic) bond motifs is 7. The fraction of sp³-hybridized carbons (Fsp3) is 0.368. The third-order valence-corrected chi connectivity index (χ3v) is 16.9. The van der Waals surface area contributed by atoms with Crippen molar-refractivity contribution in [2.75, 3.05) is 4.90 Å². The Kier molecular flexibility index (Phi) is 7.18. The van der Waals surface area contributed by atoms with E-state index in [9.17, 15) is 0 Å². The standard InChI is InChI=1S/C57H57N/c1-54(2)24-25-55(3,4)53-34-43(19-23-50(53)54)58(41-17-20-45-44-14-10-11-15-48(44)56(5,6)51(45)32-41)42-18-21-46-47-31-38(37-12-8-7-9-13-37)16-22-49(47)57(52(46)33-42)39-27-35-26-36(29-39)30-40(57)28-35/h7-23,31-36,39-40H,24-30H2,1-6H3. The molecule has 0 radical (unpaired) electrons. The van der Waals surface area contributed by atoms with Crippen LogP contribution >= 0.6 is 0 Å². The highest BCUT2D eigenvalue weighted by atomic mass is 15.1. The molecule has 0 amide bonds. The minimum absolute atomic E-state index is 0.0735. The number of rotatable bonds is 4. The maximum absolute atomic E-state index is 2.70. The Balaban J connectivity index is 1.08. The van der Waals surface area contributed by atoms with Crippen molar-refractivity contribution in [3.8, 4) is 33.4 Å². The van der Waals surface area contributed by atoms with Gasteiger partial charge in [-0.1, -0.05) is 126 Å². The molecule has 290 valence electrons. The molecule has 6 aromatic rings. The van der Waals surface area contributed by atoms with Crippen LogP contribution in [0.1, 0.15) is 120 Å². The van der Waals surface area contributed by atoms with Gasteiger partial charge in [0.25, 0.3) is 0 Å². The van der Waals surface area contributed by atoms with Crippen molar-refractivity contribution in [3.05, 3.63) is 161 Å². The number of hydrogen-bond donors (Lipinski definition) is 0. The summed E-state index contributed by atoms with van der Waals surface area (Å²) in [7, 11) is 0. The summed E-state index contributed by atoms with van der Waals surface area (Å²) in [4.78, 5) is 2.64. The highest BCUT2D eigenvalue weighted by Gasteiger charge is 2.61. The van der Waals surface area contributed by atoms with Gasteiger partial charge >= 0.3 is 0 Å². The van der Waals surface area contributed by atoms with Gasteiger partial charge in [0.15, 0.2) is 0 Å². The van der Waals surface area contributed by atoms with Gasteiger partial charge in [0.05, 0.1) is 0 Å². The second kappa shape index (κ2) is 11.9. The van der Waals surface area contributed by atoms with Crippen LogP contribution in [0.25, 0.3) is 33.4 Å². The highest BCUT2D eigenvalue weighted by molar-refractivity contribution is 5.90. The van der Waals surface area contributed by atoms with Crippen LogP contribution in [0, 0.1) is 23.7 Å². The smallest absolute Gasteiger partial charge is 0.0465 e. The second-order valence-corrected chi connectivity index (χ2v) is 21.3. The number of nitrogens with zero attached hydrogens (tertiary/aromatic N) is 1. The molecule has 0 heterocycles. The maximum atomic E-state index is 2.70. The van der Waals surface area contributed by atoms with Gasteiger partial charge in [-0.3, -0.25) is 0 Å². The van der Waals surface area contributed by atoms with Crippen LogP contribution in [-0.2, 0) is 21.7 Å². The van der Waals surface area contributed by atoms with E-state index in [-0.39, 0.29) is 21.7 Å². The van der Waals surface area contributed by atoms with Crippen molar-refractivity contribution >= 4 is 17.1 Å². The quantitative estimate of drug-likeness (QED) is 0.173. The van der Waals surface area contributed by atoms with Crippen LogP contribution in [0.3, 0.4) is 0 Å². The van der Waals surface area contributed by atoms with E-state index in [1.165, 1.54) is 118 Å². The van der Waals surface area contributed by atoms with Crippen molar-refractivity contribution in [3.63, 3.8) is 0 Å². The average Bonchev–Trinajstić information content (AvgIpc) is 3.63. The summed E-state index contributed by atoms with van der Waals surface area (Å²) in [6.07, 6.45) is 9.43. The van der Waals surface area contributed by atoms with E-state index in [0.29, 0.717) is 11.8 Å². The molecule has 4 fully saturated rings. The molecule has 7 aliphatic carbocycles. The minimum atomic E-state index is -0.0735. The zero-order valence-corrected chi connectivity index (χ0v) is 35.3. The molecule has 0 saturated heterocycles. The summed E-state index contributed by atoms with van der Waals surface area (Å²) in [5, 5.41) is 0. The number of benzene rings is 6. The van der Waals surface area contributed by atoms with Crippen LogP contribution < -0.4 is 4.90 Å². The van der Waals surface area contributed by atoms with Crippen molar-refractivity contribution in [2.24, 2.45) is 23.7 Å². The first-order valence-electron chi connectivity index (χ1n) is 22.5. The second-order valence-electron chi connectivity index (χ2n) is 21.3. The van der Waals surface area contributed by atoms with E-state index in [1.54, 1.807) is 11.1 Å². The molecule has 6 aromatic carbocycles. The lowest BCUT2D eigenvalue weighted by molar-refractivity contribution is -0.0399. The molecule has 1 spiro atoms. The van der Waals surface area contributed by atoms with E-state index < -0.39 is 0 Å². The monoisotopic (exact) mass is 755 g/mol. The maximum Gasteiger partial charge on any atom is 0.0465 e. The Hall–Kier alpha value is -4.88. The predicted molar refractivity (Wildman–Crippen MR) is 243 cm³/mol. The topological polar surface area (TPSA) is 3.24 Å². The lowest BCUT2D eigenvalue weighted by Gasteiger charge is -2.61. The van der Waals surface area contributed by atoms with Crippen molar-refractivity contribution in [2.45, 2.75) is 108 Å². The van der Waals surface area contributed by atoms with Gasteiger partial charge < -0.3 is 4.90 Å². The normalized spacial score (nSPS) is 26.8. The van der Waals surface area contributed by atoms with Gasteiger partial charge in [0.2, 0.25) is 0 Å². The molecule has 0 unspecified atom stereocenters. The summed E-state index contributed by atoms with van der Waals surface area (Å²) in [6.45, 7) is 14.7. The number of hydrogen-bond acceptors (Lipinski definition) is 1. The molecule has 4 bridgehead atoms. The van der Waals surface area contributed by atoms with Crippen LogP contribution in [0.4, 0.5) is 17.1 Å². The largest absolute Gasteiger partial charge is 0.310 e. The molecule has 4 saturated carbocycles. The number of anilines is 3. The molecule has 0 atom stereocenters. The van der Waals surface area contributed by atoms with E-state index in [1.807, 2.05) is 0 Å². The highest BCUT2D eigenvalue weighted by Crippen LogP contribution is 2.70. The van der Waals surface area contributed by atoms with Crippen LogP contribution in [0.5, 0.6) is 0 Å². The molecule has 13 rings (SSSR count). The molecule has 0 aliphatic heterocycles. The first kappa shape index (κ1) is 35.1. The molecule has 0 aromatic heterocycles. The molecule has 0 N–H and O–H groups in total. The van der Waals surface area contributed by atoms with E-state index in [0.717, 1.165) is 11.8 Å². The molecule has 7 aliphatic rings. The summed E-state index contributed by atoms with van der Waals surface area (Å²) in [5.74, 6) is 3.24. The van der Waals surface area contributed by atoms with Crippen LogP contribution in [0.15, 0.2) is 127 Å². The van der Waals surface area contributed by atoms with E-state index in [4.69, 9.17) is 0 Å². The molecule has 1 heteroatoms. The van der Waals surface area contributed by atoms with Gasteiger partial charge in [0, 0.05) is 27.9 Å². The minimum Gasteiger partial charge on any atom is -0.310 e. The third kappa shape index (κ3) is 4.71. The zero-order valence-electron chi connectivity index (χ0n) is 35.3. The third-order valence-electron chi connectivity index (χ3n) is 16.9. The summed E-state index contributed by atoms with van der Waals surface area (Å²) in [6, 6.07) is 50.3. The average molecular weight is 756 g/mol. The van der Waals surface area contributed by atoms with Gasteiger partial charge in [0.1, 0.15) is 0 Å². The Morgan fingerprint density at radius 3 is 1.62 bits per heavy atom. The van der Waals surface area contributed by atoms with Crippen LogP contribution in [-0.4, -0.2) is 0 Å². The molecular formula is C57H57N. The molecular weight excluding hydrogens is 699 g/mol. The Morgan fingerprint density at radius 2 is 0.931 bits per heavy atom. The summed E-state index contributed by atoms with van der Waals surface area (Å²) >= 11 is 0. The Labute approximate surface area is 346 Å². The van der Waals surface area contributed by atoms with Gasteiger partial charge in [-0.25, -0.2) is 0 Å². The van der Waals surface area contributed by atoms with Crippen molar-refractivity contribution in [1.29, 1.82) is 0 Å². The lowest BCUT2D eigenvalue weighted by Crippen LogP contribution is -2.55. The van der Waals surface area contributed by atoms with Crippen molar-refractivity contribution < 1.29 is 0 Å². The first-order valence-corrected chi connectivity index (χ1v) is 22.5. The molecule has 1 nitrogen and oxygen atoms in total. The first-order chi connectivity index (χ1) is 27.9. The fourth-order valence-corrected chi connectivity index (χ4v) is 14.1. The zero-order chi connectivity index (χ0) is 39.3. The fourth-order valence-electron chi connectivity index (χ4n) is 14.1. The molecule has 58 heavy (non-hydrogen) atoms. The van der Waals surface area contributed by atoms with Gasteiger partial charge in [-0.15, -0.1) is 0 Å². The predicted octanol–water partition coefficient (Wildman–Crippen LogP) is 15.2. The van der Waals surface area contributed by atoms with Gasteiger partial charge in [-0.2, -0.15) is 0 Å². The SMILES string of the molecule is CC1(C)CCC(C)(C)c2cc(N(c3ccc4c(c3)C(C)(C)c3ccccc3-4)c3ccc4c(c3)C3(c5ccc(-c6ccccc6)cc5-4)C4CC5CC(C4)CC3C5)ccc21. The Morgan fingerprint density at radius 1 is 0.397 bits per heavy atom. The van der Waals surface area contributed by atoms with Gasteiger partial charge in [-0.05, 0) is 189 Å². The lowest BCUT2D eigenvalue weighted by atomic mass is 9.43. The van der Waals surface area contributed by atoms with E-state index in [2.05, 4.69) is 174 Å². The van der Waals surface area contributed by atoms with E-state index >= 15 is 0 Å². The van der Waals surface area contributed by atoms with Crippen molar-refractivity contribution in [1.82, 2.24) is 0 Å².